The van der Waals surface area contributed by atoms with Gasteiger partial charge in [-0.05, 0) is 56.7 Å². The molecule has 1 atom stereocenters. The fraction of sp³-hybridized carbons (Fsp3) is 0.867. The molecule has 1 aliphatic carbocycles. The molecule has 19 heavy (non-hydrogen) atoms. The lowest BCUT2D eigenvalue weighted by atomic mass is 10.0. The predicted octanol–water partition coefficient (Wildman–Crippen LogP) is 5.30. The molecule has 0 amide bonds. The van der Waals surface area contributed by atoms with Gasteiger partial charge in [-0.1, -0.05) is 20.8 Å². The van der Waals surface area contributed by atoms with E-state index in [0.717, 1.165) is 19.3 Å². The third-order valence-electron chi connectivity index (χ3n) is 4.03. The van der Waals surface area contributed by atoms with Gasteiger partial charge in [-0.25, -0.2) is 0 Å². The van der Waals surface area contributed by atoms with E-state index >= 15 is 0 Å². The summed E-state index contributed by atoms with van der Waals surface area (Å²) < 4.78 is 12.6. The molecular formula is C15H32O2Si2. The van der Waals surface area contributed by atoms with Crippen LogP contribution >= 0.6 is 0 Å². The molecule has 0 N–H and O–H groups in total. The Morgan fingerprint density at radius 2 is 1.68 bits per heavy atom. The van der Waals surface area contributed by atoms with Crippen LogP contribution < -0.4 is 0 Å². The molecular weight excluding hydrogens is 268 g/mol. The molecule has 112 valence electrons. The Kier molecular flexibility index (Phi) is 5.13. The summed E-state index contributed by atoms with van der Waals surface area (Å²) in [6, 6.07) is 0. The molecule has 0 aromatic rings. The predicted molar refractivity (Wildman–Crippen MR) is 88.4 cm³/mol. The SMILES string of the molecule is CC(C)(C)[Si](C)(C)OC1CC=C(O[Si](C)(C)C)CC1. The number of hydrogen-bond donors (Lipinski definition) is 0. The van der Waals surface area contributed by atoms with Crippen LogP contribution in [0.3, 0.4) is 0 Å². The monoisotopic (exact) mass is 300 g/mol. The van der Waals surface area contributed by atoms with Crippen molar-refractivity contribution in [1.82, 2.24) is 0 Å². The van der Waals surface area contributed by atoms with Crippen LogP contribution in [0.2, 0.25) is 37.8 Å². The third kappa shape index (κ3) is 5.44. The van der Waals surface area contributed by atoms with Crippen LogP contribution in [0.15, 0.2) is 11.8 Å². The van der Waals surface area contributed by atoms with Crippen molar-refractivity contribution in [2.75, 3.05) is 0 Å². The smallest absolute Gasteiger partial charge is 0.241 e. The standard InChI is InChI=1S/C15H32O2Si2/c1-15(2,3)19(7,8)17-14-11-9-13(10-12-14)16-18(4,5)6/h9,14H,10-12H2,1-8H3. The van der Waals surface area contributed by atoms with Gasteiger partial charge >= 0.3 is 0 Å². The number of allylic oxidation sites excluding steroid dienone is 1. The fourth-order valence-corrected chi connectivity index (χ4v) is 4.35. The zero-order valence-corrected chi connectivity index (χ0v) is 16.1. The Bertz CT molecular complexity index is 335. The Hall–Kier alpha value is -0.0662. The van der Waals surface area contributed by atoms with Crippen molar-refractivity contribution >= 4 is 16.6 Å². The van der Waals surface area contributed by atoms with Crippen molar-refractivity contribution < 1.29 is 8.85 Å². The summed E-state index contributed by atoms with van der Waals surface area (Å²) in [7, 11) is -3.07. The maximum atomic E-state index is 6.47. The first-order valence-electron chi connectivity index (χ1n) is 7.47. The summed E-state index contributed by atoms with van der Waals surface area (Å²) in [5, 5.41) is 0.297. The second kappa shape index (κ2) is 5.74. The minimum atomic E-state index is -1.62. The van der Waals surface area contributed by atoms with Crippen LogP contribution in [-0.2, 0) is 8.85 Å². The summed E-state index contributed by atoms with van der Waals surface area (Å²) >= 11 is 0. The number of rotatable bonds is 4. The molecule has 1 aliphatic rings. The van der Waals surface area contributed by atoms with E-state index in [0.29, 0.717) is 11.1 Å². The maximum Gasteiger partial charge on any atom is 0.241 e. The second-order valence-corrected chi connectivity index (χ2v) is 17.3. The summed E-state index contributed by atoms with van der Waals surface area (Å²) in [5.41, 5.74) is 0. The lowest BCUT2D eigenvalue weighted by Gasteiger charge is -2.40. The molecule has 0 saturated carbocycles. The molecule has 0 aromatic carbocycles. The topological polar surface area (TPSA) is 18.5 Å². The Balaban J connectivity index is 2.55. The van der Waals surface area contributed by atoms with E-state index in [9.17, 15) is 0 Å². The fourth-order valence-electron chi connectivity index (χ4n) is 1.97. The quantitative estimate of drug-likeness (QED) is 0.656. The van der Waals surface area contributed by atoms with E-state index in [1.54, 1.807) is 0 Å². The molecule has 0 heterocycles. The molecule has 0 aliphatic heterocycles. The largest absolute Gasteiger partial charge is 0.548 e. The van der Waals surface area contributed by atoms with Crippen molar-refractivity contribution in [1.29, 1.82) is 0 Å². The summed E-state index contributed by atoms with van der Waals surface area (Å²) in [5.74, 6) is 1.20. The molecule has 2 nitrogen and oxygen atoms in total. The molecule has 1 unspecified atom stereocenters. The van der Waals surface area contributed by atoms with Crippen LogP contribution in [-0.4, -0.2) is 22.7 Å². The first-order chi connectivity index (χ1) is 8.41. The summed E-state index contributed by atoms with van der Waals surface area (Å²) in [6.45, 7) is 18.3. The van der Waals surface area contributed by atoms with E-state index in [1.807, 2.05) is 0 Å². The van der Waals surface area contributed by atoms with Gasteiger partial charge in [0, 0.05) is 12.5 Å². The molecule has 0 radical (unpaired) electrons. The van der Waals surface area contributed by atoms with E-state index in [4.69, 9.17) is 8.85 Å². The molecule has 4 heteroatoms. The third-order valence-corrected chi connectivity index (χ3v) is 9.44. The van der Waals surface area contributed by atoms with Gasteiger partial charge in [-0.15, -0.1) is 0 Å². The van der Waals surface area contributed by atoms with Crippen LogP contribution in [0.25, 0.3) is 0 Å². The average molecular weight is 301 g/mol. The minimum absolute atomic E-state index is 0.297. The molecule has 0 spiro atoms. The van der Waals surface area contributed by atoms with E-state index in [-0.39, 0.29) is 0 Å². The van der Waals surface area contributed by atoms with Gasteiger partial charge in [-0.3, -0.25) is 0 Å². The van der Waals surface area contributed by atoms with Crippen LogP contribution in [0.5, 0.6) is 0 Å². The van der Waals surface area contributed by atoms with Crippen LogP contribution in [0, 0.1) is 0 Å². The van der Waals surface area contributed by atoms with Crippen molar-refractivity contribution in [3.63, 3.8) is 0 Å². The van der Waals surface area contributed by atoms with Gasteiger partial charge in [0.25, 0.3) is 0 Å². The van der Waals surface area contributed by atoms with E-state index in [2.05, 4.69) is 59.6 Å². The molecule has 0 fully saturated rings. The highest BCUT2D eigenvalue weighted by Crippen LogP contribution is 2.39. The molecule has 1 rings (SSSR count). The van der Waals surface area contributed by atoms with Gasteiger partial charge in [0.15, 0.2) is 8.32 Å². The highest BCUT2D eigenvalue weighted by atomic mass is 28.4. The van der Waals surface area contributed by atoms with Gasteiger partial charge in [0.05, 0.1) is 5.76 Å². The lowest BCUT2D eigenvalue weighted by Crippen LogP contribution is -2.44. The summed E-state index contributed by atoms with van der Waals surface area (Å²) in [6.07, 6.45) is 5.84. The zero-order chi connectivity index (χ0) is 14.9. The highest BCUT2D eigenvalue weighted by Gasteiger charge is 2.39. The lowest BCUT2D eigenvalue weighted by molar-refractivity contribution is 0.159. The van der Waals surface area contributed by atoms with Crippen LogP contribution in [0.4, 0.5) is 0 Å². The van der Waals surface area contributed by atoms with Crippen molar-refractivity contribution in [3.8, 4) is 0 Å². The van der Waals surface area contributed by atoms with Gasteiger partial charge in [-0.2, -0.15) is 0 Å². The first kappa shape index (κ1) is 17.0. The van der Waals surface area contributed by atoms with Crippen molar-refractivity contribution in [3.05, 3.63) is 11.8 Å². The van der Waals surface area contributed by atoms with Crippen molar-refractivity contribution in [2.24, 2.45) is 0 Å². The Labute approximate surface area is 121 Å². The van der Waals surface area contributed by atoms with E-state index < -0.39 is 16.6 Å². The summed E-state index contributed by atoms with van der Waals surface area (Å²) in [4.78, 5) is 0. The normalized spacial score (nSPS) is 22.1. The first-order valence-corrected chi connectivity index (χ1v) is 13.8. The van der Waals surface area contributed by atoms with Gasteiger partial charge in [0.2, 0.25) is 8.32 Å². The maximum absolute atomic E-state index is 6.47. The molecule has 0 saturated heterocycles. The highest BCUT2D eigenvalue weighted by molar-refractivity contribution is 6.74. The second-order valence-electron chi connectivity index (χ2n) is 8.16. The van der Waals surface area contributed by atoms with E-state index in [1.165, 1.54) is 5.76 Å². The minimum Gasteiger partial charge on any atom is -0.548 e. The Morgan fingerprint density at radius 3 is 2.05 bits per heavy atom. The van der Waals surface area contributed by atoms with Gasteiger partial charge < -0.3 is 8.85 Å². The van der Waals surface area contributed by atoms with Gasteiger partial charge in [0.1, 0.15) is 0 Å². The van der Waals surface area contributed by atoms with Crippen LogP contribution in [0.1, 0.15) is 40.0 Å². The van der Waals surface area contributed by atoms with Crippen molar-refractivity contribution in [2.45, 2.75) is 83.9 Å². The molecule has 0 aromatic heterocycles. The Morgan fingerprint density at radius 1 is 1.11 bits per heavy atom. The zero-order valence-electron chi connectivity index (χ0n) is 14.1. The number of hydrogen-bond acceptors (Lipinski definition) is 2. The average Bonchev–Trinajstić information content (AvgIpc) is 2.16. The molecule has 0 bridgehead atoms.